The van der Waals surface area contributed by atoms with Crippen LogP contribution in [-0.2, 0) is 9.59 Å². The highest BCUT2D eigenvalue weighted by Gasteiger charge is 2.32. The van der Waals surface area contributed by atoms with E-state index < -0.39 is 5.82 Å². The first-order valence-electron chi connectivity index (χ1n) is 8.20. The number of nitrogens with one attached hydrogen (secondary N) is 1. The van der Waals surface area contributed by atoms with Crippen LogP contribution in [0.25, 0.3) is 6.08 Å². The number of thiocarbonyl (C=S) groups is 1. The van der Waals surface area contributed by atoms with Crippen molar-refractivity contribution in [2.45, 2.75) is 6.42 Å². The molecule has 0 bridgehead atoms. The number of nitrogens with zero attached hydrogens (tertiary/aromatic N) is 1. The maximum atomic E-state index is 13.8. The minimum absolute atomic E-state index is 0.0639. The van der Waals surface area contributed by atoms with Crippen LogP contribution in [0.15, 0.2) is 54.7 Å². The van der Waals surface area contributed by atoms with Crippen molar-refractivity contribution in [3.8, 4) is 0 Å². The number of carbonyl (C=O) groups is 2. The summed E-state index contributed by atoms with van der Waals surface area (Å²) in [6.45, 7) is 0.136. The highest BCUT2D eigenvalue weighted by atomic mass is 79.9. The molecule has 0 atom stereocenters. The van der Waals surface area contributed by atoms with Gasteiger partial charge in [0.1, 0.15) is 10.1 Å². The third-order valence-corrected chi connectivity index (χ3v) is 6.99. The number of carbonyl (C=O) groups excluding carboxylic acids is 2. The Labute approximate surface area is 201 Å². The molecule has 10 heteroatoms. The molecule has 0 aliphatic carbocycles. The standard InChI is InChI=1S/C19H12Br3FN2O2S2/c20-11-8-12(21)17(13(22)9-11)24-16(26)5-6-25-18(27)15(29-19(25)28)7-10-3-1-2-4-14(10)23/h1-4,7-9H,5-6H2,(H,24,26). The molecule has 1 saturated heterocycles. The molecule has 1 aliphatic rings. The average molecular weight is 623 g/mol. The molecular formula is C19H12Br3FN2O2S2. The predicted molar refractivity (Wildman–Crippen MR) is 129 cm³/mol. The minimum atomic E-state index is -0.414. The van der Waals surface area contributed by atoms with E-state index in [1.165, 1.54) is 17.0 Å². The van der Waals surface area contributed by atoms with Crippen LogP contribution < -0.4 is 5.32 Å². The van der Waals surface area contributed by atoms with Gasteiger partial charge in [-0.2, -0.15) is 0 Å². The minimum Gasteiger partial charge on any atom is -0.324 e. The van der Waals surface area contributed by atoms with E-state index in [4.69, 9.17) is 12.2 Å². The Morgan fingerprint density at radius 3 is 2.52 bits per heavy atom. The molecule has 4 nitrogen and oxygen atoms in total. The summed E-state index contributed by atoms with van der Waals surface area (Å²) in [6, 6.07) is 9.82. The van der Waals surface area contributed by atoms with Crippen LogP contribution in [0.2, 0.25) is 0 Å². The first kappa shape index (κ1) is 22.6. The maximum absolute atomic E-state index is 13.8. The molecule has 2 amide bonds. The molecule has 0 saturated carbocycles. The fraction of sp³-hybridized carbons (Fsp3) is 0.105. The van der Waals surface area contributed by atoms with E-state index in [2.05, 4.69) is 53.1 Å². The molecule has 150 valence electrons. The number of hydrogen-bond acceptors (Lipinski definition) is 4. The van der Waals surface area contributed by atoms with Gasteiger partial charge in [-0.3, -0.25) is 14.5 Å². The average Bonchev–Trinajstić information content (AvgIpc) is 2.91. The van der Waals surface area contributed by atoms with E-state index in [9.17, 15) is 14.0 Å². The van der Waals surface area contributed by atoms with Gasteiger partial charge in [0.15, 0.2) is 0 Å². The third kappa shape index (κ3) is 5.55. The summed E-state index contributed by atoms with van der Waals surface area (Å²) in [5.41, 5.74) is 0.915. The molecule has 1 aliphatic heterocycles. The molecule has 2 aromatic carbocycles. The largest absolute Gasteiger partial charge is 0.324 e. The predicted octanol–water partition coefficient (Wildman–Crippen LogP) is 6.34. The maximum Gasteiger partial charge on any atom is 0.266 e. The number of anilines is 1. The summed E-state index contributed by atoms with van der Waals surface area (Å²) in [5, 5.41) is 2.81. The monoisotopic (exact) mass is 620 g/mol. The zero-order valence-corrected chi connectivity index (χ0v) is 20.9. The molecule has 0 spiro atoms. The molecule has 1 fully saturated rings. The molecule has 2 aromatic rings. The van der Waals surface area contributed by atoms with E-state index >= 15 is 0 Å². The van der Waals surface area contributed by atoms with Gasteiger partial charge in [-0.1, -0.05) is 58.1 Å². The van der Waals surface area contributed by atoms with Gasteiger partial charge in [-0.25, -0.2) is 4.39 Å². The lowest BCUT2D eigenvalue weighted by atomic mass is 10.2. The second-order valence-electron chi connectivity index (χ2n) is 5.90. The van der Waals surface area contributed by atoms with E-state index in [1.807, 2.05) is 12.1 Å². The smallest absolute Gasteiger partial charge is 0.266 e. The van der Waals surface area contributed by atoms with Gasteiger partial charge in [0.2, 0.25) is 5.91 Å². The highest BCUT2D eigenvalue weighted by molar-refractivity contribution is 9.11. The van der Waals surface area contributed by atoms with Crippen LogP contribution in [0.5, 0.6) is 0 Å². The van der Waals surface area contributed by atoms with Crippen molar-refractivity contribution in [3.05, 3.63) is 66.1 Å². The molecule has 0 radical (unpaired) electrons. The number of amides is 2. The van der Waals surface area contributed by atoms with Crippen molar-refractivity contribution in [1.82, 2.24) is 4.90 Å². The zero-order valence-electron chi connectivity index (χ0n) is 14.5. The van der Waals surface area contributed by atoms with Gasteiger partial charge in [-0.05, 0) is 56.1 Å². The van der Waals surface area contributed by atoms with Crippen LogP contribution >= 0.6 is 71.8 Å². The number of hydrogen-bond donors (Lipinski definition) is 1. The fourth-order valence-electron chi connectivity index (χ4n) is 2.50. The highest BCUT2D eigenvalue weighted by Crippen LogP contribution is 2.35. The molecular weight excluding hydrogens is 611 g/mol. The third-order valence-electron chi connectivity index (χ3n) is 3.90. The lowest BCUT2D eigenvalue weighted by molar-refractivity contribution is -0.122. The lowest BCUT2D eigenvalue weighted by Gasteiger charge is -2.15. The van der Waals surface area contributed by atoms with Gasteiger partial charge in [0.25, 0.3) is 5.91 Å². The van der Waals surface area contributed by atoms with Crippen molar-refractivity contribution in [3.63, 3.8) is 0 Å². The van der Waals surface area contributed by atoms with Crippen LogP contribution in [0.1, 0.15) is 12.0 Å². The summed E-state index contributed by atoms with van der Waals surface area (Å²) < 4.78 is 16.5. The normalized spacial score (nSPS) is 15.3. The van der Waals surface area contributed by atoms with Crippen molar-refractivity contribution in [2.75, 3.05) is 11.9 Å². The Kier molecular flexibility index (Phi) is 7.66. The van der Waals surface area contributed by atoms with Crippen LogP contribution in [0.3, 0.4) is 0 Å². The summed E-state index contributed by atoms with van der Waals surface area (Å²) in [5.74, 6) is -1.01. The summed E-state index contributed by atoms with van der Waals surface area (Å²) in [7, 11) is 0. The van der Waals surface area contributed by atoms with E-state index in [0.717, 1.165) is 16.2 Å². The van der Waals surface area contributed by atoms with Gasteiger partial charge >= 0.3 is 0 Å². The van der Waals surface area contributed by atoms with Gasteiger partial charge in [-0.15, -0.1) is 0 Å². The van der Waals surface area contributed by atoms with Crippen LogP contribution in [0.4, 0.5) is 10.1 Å². The quantitative estimate of drug-likeness (QED) is 0.312. The first-order valence-corrected chi connectivity index (χ1v) is 11.8. The van der Waals surface area contributed by atoms with Crippen LogP contribution in [-0.4, -0.2) is 27.6 Å². The van der Waals surface area contributed by atoms with Gasteiger partial charge in [0, 0.05) is 31.9 Å². The number of halogens is 4. The van der Waals surface area contributed by atoms with Crippen molar-refractivity contribution in [2.24, 2.45) is 0 Å². The summed E-state index contributed by atoms with van der Waals surface area (Å²) in [6.07, 6.45) is 1.54. The molecule has 3 rings (SSSR count). The Morgan fingerprint density at radius 1 is 1.21 bits per heavy atom. The van der Waals surface area contributed by atoms with Gasteiger partial charge in [0.05, 0.1) is 10.6 Å². The molecule has 29 heavy (non-hydrogen) atoms. The number of thioether (sulfide) groups is 1. The van der Waals surface area contributed by atoms with E-state index in [-0.39, 0.29) is 24.8 Å². The van der Waals surface area contributed by atoms with Crippen LogP contribution in [0, 0.1) is 5.82 Å². The van der Waals surface area contributed by atoms with E-state index in [1.54, 1.807) is 18.2 Å². The second-order valence-corrected chi connectivity index (χ2v) is 10.2. The molecule has 1 N–H and O–H groups in total. The van der Waals surface area contributed by atoms with Crippen molar-refractivity contribution < 1.29 is 14.0 Å². The fourth-order valence-corrected chi connectivity index (χ4v) is 6.26. The number of rotatable bonds is 5. The molecule has 0 unspecified atom stereocenters. The Morgan fingerprint density at radius 2 is 1.86 bits per heavy atom. The zero-order chi connectivity index (χ0) is 21.1. The van der Waals surface area contributed by atoms with E-state index in [0.29, 0.717) is 29.4 Å². The second kappa shape index (κ2) is 9.82. The lowest BCUT2D eigenvalue weighted by Crippen LogP contribution is -2.31. The summed E-state index contributed by atoms with van der Waals surface area (Å²) >= 11 is 16.5. The molecule has 0 aromatic heterocycles. The Hall–Kier alpha value is -1.07. The Balaban J connectivity index is 1.65. The summed E-state index contributed by atoms with van der Waals surface area (Å²) in [4.78, 5) is 26.7. The topological polar surface area (TPSA) is 49.4 Å². The van der Waals surface area contributed by atoms with Crippen molar-refractivity contribution >= 4 is 99.7 Å². The Bertz CT molecular complexity index is 1020. The SMILES string of the molecule is O=C(CCN1C(=O)C(=Cc2ccccc2F)SC1=S)Nc1c(Br)cc(Br)cc1Br. The number of benzene rings is 2. The molecule has 1 heterocycles. The van der Waals surface area contributed by atoms with Gasteiger partial charge < -0.3 is 5.32 Å². The van der Waals surface area contributed by atoms with Crippen molar-refractivity contribution in [1.29, 1.82) is 0 Å². The first-order chi connectivity index (χ1) is 13.8.